The second-order valence-corrected chi connectivity index (χ2v) is 5.03. The number of rotatable bonds is 5. The first-order valence-electron chi connectivity index (χ1n) is 6.99. The minimum Gasteiger partial charge on any atom is -0.316 e. The van der Waals surface area contributed by atoms with Crippen LogP contribution in [-0.2, 0) is 0 Å². The Balaban J connectivity index is 1.70. The molecule has 2 heteroatoms. The van der Waals surface area contributed by atoms with E-state index in [9.17, 15) is 0 Å². The van der Waals surface area contributed by atoms with E-state index in [2.05, 4.69) is 59.7 Å². The first kappa shape index (κ1) is 13.3. The van der Waals surface area contributed by atoms with Gasteiger partial charge in [0.15, 0.2) is 0 Å². The van der Waals surface area contributed by atoms with E-state index in [0.717, 1.165) is 6.42 Å². The Morgan fingerprint density at radius 1 is 1.33 bits per heavy atom. The quantitative estimate of drug-likeness (QED) is 0.857. The largest absolute Gasteiger partial charge is 0.316 e. The Kier molecular flexibility index (Phi) is 5.43. The number of likely N-dealkylation sites (N-methyl/N-ethyl adjacent to an activating group) is 1. The van der Waals surface area contributed by atoms with E-state index in [0.29, 0.717) is 6.04 Å². The number of nitrogens with one attached hydrogen (secondary N) is 1. The summed E-state index contributed by atoms with van der Waals surface area (Å²) in [4.78, 5) is 2.57. The standard InChI is InChI=1S/C16H24N2/c1-17-16-11-7-13-18(14-16)12-6-5-10-15-8-3-2-4-9-15/h2-5,8-10,16-17H,6-7,11-14H2,1H3/b10-5+/t16-/m1/s1. The average molecular weight is 244 g/mol. The molecular formula is C16H24N2. The molecule has 1 aromatic rings. The van der Waals surface area contributed by atoms with E-state index < -0.39 is 0 Å². The van der Waals surface area contributed by atoms with Crippen LogP contribution in [0.5, 0.6) is 0 Å². The van der Waals surface area contributed by atoms with Crippen molar-refractivity contribution in [3.63, 3.8) is 0 Å². The van der Waals surface area contributed by atoms with Crippen LogP contribution in [0.4, 0.5) is 0 Å². The summed E-state index contributed by atoms with van der Waals surface area (Å²) in [6.45, 7) is 3.65. The molecule has 2 rings (SSSR count). The summed E-state index contributed by atoms with van der Waals surface area (Å²) in [6, 6.07) is 11.2. The Labute approximate surface area is 111 Å². The van der Waals surface area contributed by atoms with Crippen LogP contribution in [0.15, 0.2) is 36.4 Å². The third-order valence-electron chi connectivity index (χ3n) is 3.64. The van der Waals surface area contributed by atoms with Crippen molar-refractivity contribution in [3.05, 3.63) is 42.0 Å². The summed E-state index contributed by atoms with van der Waals surface area (Å²) >= 11 is 0. The molecule has 0 spiro atoms. The molecule has 1 aliphatic rings. The molecule has 1 saturated heterocycles. The van der Waals surface area contributed by atoms with Gasteiger partial charge in [0.2, 0.25) is 0 Å². The number of nitrogens with zero attached hydrogens (tertiary/aromatic N) is 1. The van der Waals surface area contributed by atoms with Gasteiger partial charge in [-0.2, -0.15) is 0 Å². The van der Waals surface area contributed by atoms with E-state index in [1.54, 1.807) is 0 Å². The van der Waals surface area contributed by atoms with Gasteiger partial charge in [-0.3, -0.25) is 0 Å². The predicted molar refractivity (Wildman–Crippen MR) is 78.6 cm³/mol. The first-order chi connectivity index (χ1) is 8.88. The Hall–Kier alpha value is -1.12. The summed E-state index contributed by atoms with van der Waals surface area (Å²) < 4.78 is 0. The van der Waals surface area contributed by atoms with Gasteiger partial charge < -0.3 is 10.2 Å². The molecule has 0 amide bonds. The number of piperidine rings is 1. The Morgan fingerprint density at radius 2 is 2.17 bits per heavy atom. The fourth-order valence-corrected chi connectivity index (χ4v) is 2.53. The molecule has 1 aromatic carbocycles. The van der Waals surface area contributed by atoms with Gasteiger partial charge in [0, 0.05) is 19.1 Å². The highest BCUT2D eigenvalue weighted by Crippen LogP contribution is 2.10. The van der Waals surface area contributed by atoms with Crippen molar-refractivity contribution < 1.29 is 0 Å². The molecule has 1 N–H and O–H groups in total. The van der Waals surface area contributed by atoms with Crippen LogP contribution in [0.1, 0.15) is 24.8 Å². The van der Waals surface area contributed by atoms with Crippen LogP contribution in [-0.4, -0.2) is 37.6 Å². The lowest BCUT2D eigenvalue weighted by Gasteiger charge is -2.32. The fourth-order valence-electron chi connectivity index (χ4n) is 2.53. The highest BCUT2D eigenvalue weighted by molar-refractivity contribution is 5.48. The van der Waals surface area contributed by atoms with Crippen LogP contribution in [0.2, 0.25) is 0 Å². The summed E-state index contributed by atoms with van der Waals surface area (Å²) in [7, 11) is 2.07. The highest BCUT2D eigenvalue weighted by Gasteiger charge is 2.16. The van der Waals surface area contributed by atoms with Gasteiger partial charge in [-0.15, -0.1) is 0 Å². The van der Waals surface area contributed by atoms with Gasteiger partial charge in [0.1, 0.15) is 0 Å². The monoisotopic (exact) mass is 244 g/mol. The Morgan fingerprint density at radius 3 is 2.94 bits per heavy atom. The van der Waals surface area contributed by atoms with E-state index in [1.165, 1.54) is 38.0 Å². The second-order valence-electron chi connectivity index (χ2n) is 5.03. The Bertz CT molecular complexity index is 359. The van der Waals surface area contributed by atoms with Crippen LogP contribution < -0.4 is 5.32 Å². The molecule has 0 bridgehead atoms. The van der Waals surface area contributed by atoms with Crippen LogP contribution in [0.3, 0.4) is 0 Å². The van der Waals surface area contributed by atoms with Crippen molar-refractivity contribution in [1.29, 1.82) is 0 Å². The van der Waals surface area contributed by atoms with Gasteiger partial charge in [-0.05, 0) is 38.4 Å². The van der Waals surface area contributed by atoms with Crippen LogP contribution in [0.25, 0.3) is 6.08 Å². The molecule has 98 valence electrons. The molecule has 1 heterocycles. The highest BCUT2D eigenvalue weighted by atomic mass is 15.2. The average Bonchev–Trinajstić information content (AvgIpc) is 2.45. The molecule has 1 fully saturated rings. The molecule has 2 nitrogen and oxygen atoms in total. The summed E-state index contributed by atoms with van der Waals surface area (Å²) in [5, 5.41) is 3.39. The fraction of sp³-hybridized carbons (Fsp3) is 0.500. The minimum atomic E-state index is 0.692. The van der Waals surface area contributed by atoms with E-state index in [4.69, 9.17) is 0 Å². The molecule has 18 heavy (non-hydrogen) atoms. The predicted octanol–water partition coefficient (Wildman–Crippen LogP) is 2.77. The summed E-state index contributed by atoms with van der Waals surface area (Å²) in [5.74, 6) is 0. The van der Waals surface area contributed by atoms with Crippen LogP contribution in [0, 0.1) is 0 Å². The SMILES string of the molecule is CN[C@@H]1CCCN(CC/C=C/c2ccccc2)C1. The molecule has 0 saturated carbocycles. The zero-order valence-electron chi connectivity index (χ0n) is 11.3. The number of hydrogen-bond acceptors (Lipinski definition) is 2. The first-order valence-corrected chi connectivity index (χ1v) is 6.99. The molecule has 0 aromatic heterocycles. The third kappa shape index (κ3) is 4.28. The lowest BCUT2D eigenvalue weighted by atomic mass is 10.1. The van der Waals surface area contributed by atoms with Gasteiger partial charge in [-0.1, -0.05) is 42.5 Å². The van der Waals surface area contributed by atoms with Crippen molar-refractivity contribution in [1.82, 2.24) is 10.2 Å². The van der Waals surface area contributed by atoms with Crippen molar-refractivity contribution in [2.75, 3.05) is 26.7 Å². The molecule has 0 aliphatic carbocycles. The van der Waals surface area contributed by atoms with Gasteiger partial charge in [0.25, 0.3) is 0 Å². The molecular weight excluding hydrogens is 220 g/mol. The lowest BCUT2D eigenvalue weighted by molar-refractivity contribution is 0.198. The third-order valence-corrected chi connectivity index (χ3v) is 3.64. The van der Waals surface area contributed by atoms with Crippen molar-refractivity contribution >= 4 is 6.08 Å². The van der Waals surface area contributed by atoms with E-state index in [1.807, 2.05) is 0 Å². The minimum absolute atomic E-state index is 0.692. The summed E-state index contributed by atoms with van der Waals surface area (Å²) in [5.41, 5.74) is 1.30. The maximum absolute atomic E-state index is 3.39. The molecule has 0 unspecified atom stereocenters. The normalized spacial score (nSPS) is 21.5. The maximum atomic E-state index is 3.39. The zero-order chi connectivity index (χ0) is 12.6. The van der Waals surface area contributed by atoms with Gasteiger partial charge >= 0.3 is 0 Å². The summed E-state index contributed by atoms with van der Waals surface area (Å²) in [6.07, 6.45) is 8.31. The number of likely N-dealkylation sites (tertiary alicyclic amines) is 1. The smallest absolute Gasteiger partial charge is 0.0192 e. The van der Waals surface area contributed by atoms with Crippen molar-refractivity contribution in [3.8, 4) is 0 Å². The molecule has 0 radical (unpaired) electrons. The molecule has 1 aliphatic heterocycles. The van der Waals surface area contributed by atoms with Crippen molar-refractivity contribution in [2.45, 2.75) is 25.3 Å². The number of benzene rings is 1. The topological polar surface area (TPSA) is 15.3 Å². The maximum Gasteiger partial charge on any atom is 0.0192 e. The van der Waals surface area contributed by atoms with Crippen molar-refractivity contribution in [2.24, 2.45) is 0 Å². The zero-order valence-corrected chi connectivity index (χ0v) is 11.3. The molecule has 1 atom stereocenters. The lowest BCUT2D eigenvalue weighted by Crippen LogP contribution is -2.44. The number of hydrogen-bond donors (Lipinski definition) is 1. The van der Waals surface area contributed by atoms with E-state index in [-0.39, 0.29) is 0 Å². The van der Waals surface area contributed by atoms with Gasteiger partial charge in [0.05, 0.1) is 0 Å². The van der Waals surface area contributed by atoms with Gasteiger partial charge in [-0.25, -0.2) is 0 Å². The second kappa shape index (κ2) is 7.34. The van der Waals surface area contributed by atoms with E-state index >= 15 is 0 Å². The van der Waals surface area contributed by atoms with Crippen LogP contribution >= 0.6 is 0 Å².